The van der Waals surface area contributed by atoms with Crippen molar-refractivity contribution in [2.45, 2.75) is 20.8 Å². The van der Waals surface area contributed by atoms with Gasteiger partial charge in [-0.3, -0.25) is 0 Å². The lowest BCUT2D eigenvalue weighted by atomic mass is 9.95. The smallest absolute Gasteiger partial charge is 0.0625 e. The van der Waals surface area contributed by atoms with Crippen molar-refractivity contribution in [1.29, 1.82) is 0 Å². The van der Waals surface area contributed by atoms with E-state index in [2.05, 4.69) is 105 Å². The normalized spacial score (nSPS) is 12.5. The summed E-state index contributed by atoms with van der Waals surface area (Å²) in [6.07, 6.45) is 4.32. The molecular formula is C29H23N. The molecule has 4 aromatic carbocycles. The van der Waals surface area contributed by atoms with Crippen molar-refractivity contribution in [3.8, 4) is 0 Å². The van der Waals surface area contributed by atoms with Gasteiger partial charge in [-0.15, -0.1) is 0 Å². The number of aromatic nitrogens is 1. The molecule has 0 saturated heterocycles. The Morgan fingerprint density at radius 3 is 2.43 bits per heavy atom. The van der Waals surface area contributed by atoms with E-state index in [1.165, 1.54) is 65.6 Å². The van der Waals surface area contributed by atoms with Crippen LogP contribution < -0.4 is 5.22 Å². The van der Waals surface area contributed by atoms with Crippen LogP contribution in [0, 0.1) is 13.8 Å². The zero-order chi connectivity index (χ0) is 20.6. The van der Waals surface area contributed by atoms with E-state index in [4.69, 9.17) is 0 Å². The summed E-state index contributed by atoms with van der Waals surface area (Å²) in [7, 11) is 0. The zero-order valence-electron chi connectivity index (χ0n) is 17.6. The number of hydrogen-bond acceptors (Lipinski definition) is 0. The molecule has 1 nitrogen and oxygen atoms in total. The van der Waals surface area contributed by atoms with Crippen molar-refractivity contribution in [1.82, 2.24) is 4.40 Å². The number of fused-ring (bicyclic) bond motifs is 6. The molecule has 144 valence electrons. The standard InChI is InChI=1S/C29H23N/c1-5-8-20-12-14-24-23-13-11-17(2)15-25(23)30-26-16-21-9-6-7-10-22(21)18(3)27(26)19(4)28(20)29(24)30/h5-16H,4H2,1-3H3/b8-5-. The van der Waals surface area contributed by atoms with Gasteiger partial charge in [0.2, 0.25) is 0 Å². The van der Waals surface area contributed by atoms with Crippen molar-refractivity contribution >= 4 is 61.5 Å². The molecule has 1 heteroatoms. The van der Waals surface area contributed by atoms with Crippen LogP contribution in [0.1, 0.15) is 23.6 Å². The fourth-order valence-electron chi connectivity index (χ4n) is 5.31. The average molecular weight is 386 g/mol. The summed E-state index contributed by atoms with van der Waals surface area (Å²) in [6.45, 7) is 11.1. The Hall–Kier alpha value is -3.58. The van der Waals surface area contributed by atoms with Crippen molar-refractivity contribution in [3.05, 3.63) is 88.6 Å². The summed E-state index contributed by atoms with van der Waals surface area (Å²) in [5.41, 5.74) is 7.60. The first kappa shape index (κ1) is 17.3. The first-order chi connectivity index (χ1) is 14.6. The molecule has 0 atom stereocenters. The van der Waals surface area contributed by atoms with Crippen LogP contribution in [0.15, 0.2) is 66.7 Å². The van der Waals surface area contributed by atoms with E-state index in [0.29, 0.717) is 0 Å². The third-order valence-electron chi connectivity index (χ3n) is 6.60. The Labute approximate surface area is 175 Å². The van der Waals surface area contributed by atoms with Crippen molar-refractivity contribution in [2.24, 2.45) is 0 Å². The lowest BCUT2D eigenvalue weighted by Gasteiger charge is -2.15. The summed E-state index contributed by atoms with van der Waals surface area (Å²) >= 11 is 0. The third-order valence-corrected chi connectivity index (χ3v) is 6.60. The van der Waals surface area contributed by atoms with E-state index >= 15 is 0 Å². The fraction of sp³-hybridized carbons (Fsp3) is 0.103. The van der Waals surface area contributed by atoms with Gasteiger partial charge in [0.25, 0.3) is 0 Å². The highest BCUT2D eigenvalue weighted by Gasteiger charge is 2.18. The lowest BCUT2D eigenvalue weighted by molar-refractivity contribution is 1.33. The number of nitrogens with zero attached hydrogens (tertiary/aromatic N) is 1. The Morgan fingerprint density at radius 2 is 1.60 bits per heavy atom. The van der Waals surface area contributed by atoms with E-state index in [0.717, 1.165) is 5.22 Å². The molecule has 0 aliphatic rings. The Balaban J connectivity index is 2.06. The first-order valence-corrected chi connectivity index (χ1v) is 10.5. The van der Waals surface area contributed by atoms with Gasteiger partial charge in [-0.1, -0.05) is 67.3 Å². The molecule has 0 bridgehead atoms. The Morgan fingerprint density at radius 1 is 0.800 bits per heavy atom. The molecule has 0 fully saturated rings. The van der Waals surface area contributed by atoms with Crippen molar-refractivity contribution in [3.63, 3.8) is 0 Å². The predicted molar refractivity (Wildman–Crippen MR) is 132 cm³/mol. The summed E-state index contributed by atoms with van der Waals surface area (Å²) in [4.78, 5) is 0. The zero-order valence-corrected chi connectivity index (χ0v) is 17.6. The molecule has 0 aliphatic carbocycles. The second kappa shape index (κ2) is 5.96. The van der Waals surface area contributed by atoms with Gasteiger partial charge in [0.15, 0.2) is 0 Å². The van der Waals surface area contributed by atoms with E-state index in [-0.39, 0.29) is 0 Å². The minimum Gasteiger partial charge on any atom is -0.308 e. The highest BCUT2D eigenvalue weighted by Crippen LogP contribution is 2.37. The highest BCUT2D eigenvalue weighted by molar-refractivity contribution is 6.20. The molecular weight excluding hydrogens is 362 g/mol. The fourth-order valence-corrected chi connectivity index (χ4v) is 5.31. The number of benzene rings is 4. The quantitative estimate of drug-likeness (QED) is 0.261. The second-order valence-electron chi connectivity index (χ2n) is 8.38. The molecule has 0 N–H and O–H groups in total. The van der Waals surface area contributed by atoms with E-state index in [9.17, 15) is 0 Å². The van der Waals surface area contributed by atoms with Crippen molar-refractivity contribution in [2.75, 3.05) is 0 Å². The minimum atomic E-state index is 1.12. The van der Waals surface area contributed by atoms with Gasteiger partial charge in [0.05, 0.1) is 16.6 Å². The molecule has 0 radical (unpaired) electrons. The van der Waals surface area contributed by atoms with Crippen LogP contribution in [0.5, 0.6) is 0 Å². The average Bonchev–Trinajstić information content (AvgIpc) is 3.06. The van der Waals surface area contributed by atoms with Crippen LogP contribution in [0.3, 0.4) is 0 Å². The van der Waals surface area contributed by atoms with E-state index < -0.39 is 0 Å². The van der Waals surface area contributed by atoms with E-state index in [1.807, 2.05) is 0 Å². The van der Waals surface area contributed by atoms with Crippen LogP contribution in [0.4, 0.5) is 0 Å². The highest BCUT2D eigenvalue weighted by atomic mass is 14.9. The number of rotatable bonds is 1. The summed E-state index contributed by atoms with van der Waals surface area (Å²) in [6, 6.07) is 22.3. The topological polar surface area (TPSA) is 4.41 Å². The number of hydrogen-bond donors (Lipinski definition) is 0. The Bertz CT molecular complexity index is 1730. The molecule has 2 heterocycles. The third kappa shape index (κ3) is 2.07. The summed E-state index contributed by atoms with van der Waals surface area (Å²) in [5, 5.41) is 8.81. The van der Waals surface area contributed by atoms with Gasteiger partial charge in [-0.25, -0.2) is 0 Å². The maximum atomic E-state index is 4.63. The summed E-state index contributed by atoms with van der Waals surface area (Å²) < 4.78 is 2.48. The predicted octanol–water partition coefficient (Wildman–Crippen LogP) is 7.33. The van der Waals surface area contributed by atoms with Crippen LogP contribution in [0.2, 0.25) is 0 Å². The van der Waals surface area contributed by atoms with Crippen LogP contribution in [-0.4, -0.2) is 4.40 Å². The molecule has 0 amide bonds. The molecule has 30 heavy (non-hydrogen) atoms. The largest absolute Gasteiger partial charge is 0.308 e. The molecule has 0 spiro atoms. The van der Waals surface area contributed by atoms with Gasteiger partial charge >= 0.3 is 0 Å². The van der Waals surface area contributed by atoms with Gasteiger partial charge in [0.1, 0.15) is 0 Å². The van der Waals surface area contributed by atoms with Gasteiger partial charge in [-0.05, 0) is 65.6 Å². The second-order valence-corrected chi connectivity index (χ2v) is 8.38. The monoisotopic (exact) mass is 385 g/mol. The van der Waals surface area contributed by atoms with Gasteiger partial charge < -0.3 is 4.40 Å². The minimum absolute atomic E-state index is 1.12. The molecule has 0 unspecified atom stereocenters. The number of pyridine rings is 1. The maximum absolute atomic E-state index is 4.63. The van der Waals surface area contributed by atoms with Crippen LogP contribution in [-0.2, 0) is 0 Å². The van der Waals surface area contributed by atoms with Crippen LogP contribution >= 0.6 is 0 Å². The molecule has 2 aromatic heterocycles. The van der Waals surface area contributed by atoms with Gasteiger partial charge in [0, 0.05) is 21.5 Å². The molecule has 6 aromatic rings. The molecule has 0 saturated carbocycles. The van der Waals surface area contributed by atoms with Crippen LogP contribution in [0.25, 0.3) is 61.5 Å². The maximum Gasteiger partial charge on any atom is 0.0625 e. The lowest BCUT2D eigenvalue weighted by Crippen LogP contribution is -2.09. The summed E-state index contributed by atoms with van der Waals surface area (Å²) in [5.74, 6) is 0. The van der Waals surface area contributed by atoms with E-state index in [1.54, 1.807) is 0 Å². The van der Waals surface area contributed by atoms with Crippen molar-refractivity contribution < 1.29 is 0 Å². The number of allylic oxidation sites excluding steroid dienone is 1. The number of aryl methyl sites for hydroxylation is 2. The first-order valence-electron chi connectivity index (χ1n) is 10.5. The SMILES string of the molecule is C=c1c2c(C)c3ccccc3cc2n2c3cc(C)ccc3c3ccc(/C=C\C)c1c32. The molecule has 6 rings (SSSR count). The van der Waals surface area contributed by atoms with Gasteiger partial charge in [-0.2, -0.15) is 0 Å². The Kier molecular flexibility index (Phi) is 3.44. The molecule has 0 aliphatic heterocycles.